The highest BCUT2D eigenvalue weighted by Gasteiger charge is 2.07. The van der Waals surface area contributed by atoms with E-state index in [2.05, 4.69) is 11.1 Å². The molecule has 0 spiro atoms. The second-order valence-electron chi connectivity index (χ2n) is 4.45. The quantitative estimate of drug-likeness (QED) is 0.855. The van der Waals surface area contributed by atoms with Crippen LogP contribution in [-0.2, 0) is 6.42 Å². The van der Waals surface area contributed by atoms with Crippen molar-refractivity contribution in [1.82, 2.24) is 4.98 Å². The highest BCUT2D eigenvalue weighted by molar-refractivity contribution is 5.79. The summed E-state index contributed by atoms with van der Waals surface area (Å²) in [6.45, 7) is 3.84. The van der Waals surface area contributed by atoms with Crippen molar-refractivity contribution in [3.63, 3.8) is 0 Å². The van der Waals surface area contributed by atoms with Crippen molar-refractivity contribution < 1.29 is 0 Å². The van der Waals surface area contributed by atoms with Gasteiger partial charge in [0.15, 0.2) is 0 Å². The lowest BCUT2D eigenvalue weighted by atomic mass is 10.0. The molecule has 1 aromatic heterocycles. The van der Waals surface area contributed by atoms with Crippen molar-refractivity contribution >= 4 is 10.9 Å². The number of aryl methyl sites for hydroxylation is 1. The fraction of sp³-hybridized carbons (Fsp3) is 0.286. The summed E-state index contributed by atoms with van der Waals surface area (Å²) in [5.41, 5.74) is 2.58. The standard InChI is InChI=1S/C14H14N2O/c1-9-3-4-13-11(5-9)7-12(14(17)16-13)6-10(2)8-15/h3-5,7,10H,6H2,1-2H3,(H,16,17)/t10-/m0/s1. The lowest BCUT2D eigenvalue weighted by Gasteiger charge is -2.05. The van der Waals surface area contributed by atoms with E-state index in [1.165, 1.54) is 0 Å². The Balaban J connectivity index is 2.54. The molecule has 2 rings (SSSR count). The number of pyridine rings is 1. The highest BCUT2D eigenvalue weighted by Crippen LogP contribution is 2.14. The van der Waals surface area contributed by atoms with E-state index in [9.17, 15) is 4.79 Å². The van der Waals surface area contributed by atoms with E-state index in [-0.39, 0.29) is 11.5 Å². The molecule has 0 saturated carbocycles. The van der Waals surface area contributed by atoms with E-state index in [0.717, 1.165) is 16.5 Å². The number of hydrogen-bond acceptors (Lipinski definition) is 2. The molecule has 86 valence electrons. The van der Waals surface area contributed by atoms with Gasteiger partial charge < -0.3 is 4.98 Å². The van der Waals surface area contributed by atoms with E-state index in [4.69, 9.17) is 5.26 Å². The van der Waals surface area contributed by atoms with Crippen LogP contribution in [0.3, 0.4) is 0 Å². The van der Waals surface area contributed by atoms with Gasteiger partial charge in [-0.05, 0) is 43.9 Å². The van der Waals surface area contributed by atoms with Crippen LogP contribution in [0.1, 0.15) is 18.1 Å². The molecule has 0 aliphatic heterocycles. The smallest absolute Gasteiger partial charge is 0.251 e. The second kappa shape index (κ2) is 4.42. The van der Waals surface area contributed by atoms with Crippen LogP contribution in [0.4, 0.5) is 0 Å². The van der Waals surface area contributed by atoms with Crippen LogP contribution in [-0.4, -0.2) is 4.98 Å². The fourth-order valence-electron chi connectivity index (χ4n) is 1.90. The van der Waals surface area contributed by atoms with Crippen molar-refractivity contribution in [1.29, 1.82) is 5.26 Å². The predicted molar refractivity (Wildman–Crippen MR) is 67.8 cm³/mol. The average Bonchev–Trinajstić information content (AvgIpc) is 2.30. The third kappa shape index (κ3) is 2.36. The van der Waals surface area contributed by atoms with E-state index in [1.54, 1.807) is 0 Å². The number of fused-ring (bicyclic) bond motifs is 1. The molecule has 0 saturated heterocycles. The third-order valence-corrected chi connectivity index (χ3v) is 2.82. The summed E-state index contributed by atoms with van der Waals surface area (Å²) in [5, 5.41) is 9.80. The first-order chi connectivity index (χ1) is 8.10. The molecule has 3 heteroatoms. The number of aromatic amines is 1. The van der Waals surface area contributed by atoms with Crippen molar-refractivity contribution in [2.45, 2.75) is 20.3 Å². The van der Waals surface area contributed by atoms with Gasteiger partial charge in [-0.2, -0.15) is 5.26 Å². The number of H-pyrrole nitrogens is 1. The van der Waals surface area contributed by atoms with E-state index in [1.807, 2.05) is 38.1 Å². The Morgan fingerprint density at radius 1 is 1.41 bits per heavy atom. The van der Waals surface area contributed by atoms with Crippen LogP contribution in [0.25, 0.3) is 10.9 Å². The van der Waals surface area contributed by atoms with E-state index >= 15 is 0 Å². The Kier molecular flexibility index (Phi) is 2.97. The largest absolute Gasteiger partial charge is 0.322 e. The van der Waals surface area contributed by atoms with Gasteiger partial charge in [0, 0.05) is 17.0 Å². The van der Waals surface area contributed by atoms with Crippen LogP contribution >= 0.6 is 0 Å². The molecule has 0 fully saturated rings. The Morgan fingerprint density at radius 2 is 2.18 bits per heavy atom. The van der Waals surface area contributed by atoms with Gasteiger partial charge in [0.2, 0.25) is 0 Å². The highest BCUT2D eigenvalue weighted by atomic mass is 16.1. The van der Waals surface area contributed by atoms with Crippen LogP contribution in [0.15, 0.2) is 29.1 Å². The Morgan fingerprint density at radius 3 is 2.88 bits per heavy atom. The second-order valence-corrected chi connectivity index (χ2v) is 4.45. The van der Waals surface area contributed by atoms with Crippen molar-refractivity contribution in [2.75, 3.05) is 0 Å². The molecule has 1 heterocycles. The molecular formula is C14H14N2O. The Labute approximate surface area is 99.7 Å². The first-order valence-corrected chi connectivity index (χ1v) is 5.62. The molecule has 0 amide bonds. The summed E-state index contributed by atoms with van der Waals surface area (Å²) in [5.74, 6) is -0.140. The summed E-state index contributed by atoms with van der Waals surface area (Å²) in [6, 6.07) is 9.94. The summed E-state index contributed by atoms with van der Waals surface area (Å²) in [6.07, 6.45) is 0.496. The van der Waals surface area contributed by atoms with Crippen molar-refractivity contribution in [3.8, 4) is 6.07 Å². The molecule has 3 nitrogen and oxygen atoms in total. The lowest BCUT2D eigenvalue weighted by Crippen LogP contribution is -2.14. The maximum absolute atomic E-state index is 11.8. The molecule has 0 bridgehead atoms. The van der Waals surface area contributed by atoms with Crippen LogP contribution in [0, 0.1) is 24.2 Å². The molecule has 0 aliphatic carbocycles. The van der Waals surface area contributed by atoms with Gasteiger partial charge in [0.05, 0.1) is 6.07 Å². The molecule has 1 N–H and O–H groups in total. The van der Waals surface area contributed by atoms with Crippen molar-refractivity contribution in [3.05, 3.63) is 45.7 Å². The first kappa shape index (κ1) is 11.4. The minimum absolute atomic E-state index is 0.0940. The molecule has 0 unspecified atom stereocenters. The van der Waals surface area contributed by atoms with E-state index in [0.29, 0.717) is 12.0 Å². The minimum Gasteiger partial charge on any atom is -0.322 e. The summed E-state index contributed by atoms with van der Waals surface area (Å²) >= 11 is 0. The molecule has 17 heavy (non-hydrogen) atoms. The molecule has 0 radical (unpaired) electrons. The predicted octanol–water partition coefficient (Wildman–Crippen LogP) is 2.54. The SMILES string of the molecule is Cc1ccc2[nH]c(=O)c(C[C@H](C)C#N)cc2c1. The van der Waals surface area contributed by atoms with Crippen LogP contribution in [0.2, 0.25) is 0 Å². The monoisotopic (exact) mass is 226 g/mol. The summed E-state index contributed by atoms with van der Waals surface area (Å²) < 4.78 is 0. The zero-order valence-corrected chi connectivity index (χ0v) is 9.95. The lowest BCUT2D eigenvalue weighted by molar-refractivity contribution is 0.732. The van der Waals surface area contributed by atoms with E-state index < -0.39 is 0 Å². The number of nitriles is 1. The first-order valence-electron chi connectivity index (χ1n) is 5.62. The number of nitrogens with zero attached hydrogens (tertiary/aromatic N) is 1. The Bertz CT molecular complexity index is 649. The van der Waals surface area contributed by atoms with Crippen LogP contribution in [0.5, 0.6) is 0 Å². The maximum Gasteiger partial charge on any atom is 0.251 e. The molecule has 1 atom stereocenters. The number of rotatable bonds is 2. The number of aromatic nitrogens is 1. The molecule has 1 aromatic carbocycles. The topological polar surface area (TPSA) is 56.6 Å². The average molecular weight is 226 g/mol. The van der Waals surface area contributed by atoms with Crippen LogP contribution < -0.4 is 5.56 Å². The normalized spacial score (nSPS) is 12.3. The van der Waals surface area contributed by atoms with Gasteiger partial charge in [-0.3, -0.25) is 4.79 Å². The van der Waals surface area contributed by atoms with Gasteiger partial charge >= 0.3 is 0 Å². The fourth-order valence-corrected chi connectivity index (χ4v) is 1.90. The number of nitrogens with one attached hydrogen (secondary N) is 1. The Hall–Kier alpha value is -2.08. The molecular weight excluding hydrogens is 212 g/mol. The minimum atomic E-state index is -0.140. The number of hydrogen-bond donors (Lipinski definition) is 1. The zero-order valence-electron chi connectivity index (χ0n) is 9.95. The zero-order chi connectivity index (χ0) is 12.4. The molecule has 0 aliphatic rings. The van der Waals surface area contributed by atoms with Gasteiger partial charge in [0.1, 0.15) is 0 Å². The summed E-state index contributed by atoms with van der Waals surface area (Å²) in [4.78, 5) is 14.7. The summed E-state index contributed by atoms with van der Waals surface area (Å²) in [7, 11) is 0. The van der Waals surface area contributed by atoms with Gasteiger partial charge in [-0.1, -0.05) is 11.6 Å². The maximum atomic E-state index is 11.8. The third-order valence-electron chi connectivity index (χ3n) is 2.82. The molecule has 2 aromatic rings. The van der Waals surface area contributed by atoms with Gasteiger partial charge in [-0.15, -0.1) is 0 Å². The van der Waals surface area contributed by atoms with Gasteiger partial charge in [-0.25, -0.2) is 0 Å². The van der Waals surface area contributed by atoms with Crippen molar-refractivity contribution in [2.24, 2.45) is 5.92 Å². The number of benzene rings is 1. The van der Waals surface area contributed by atoms with Gasteiger partial charge in [0.25, 0.3) is 5.56 Å².